The Balaban J connectivity index is 3.29. The molecule has 1 atom stereocenters. The molecule has 3 heteroatoms. The van der Waals surface area contributed by atoms with Crippen LogP contribution >= 0.6 is 0 Å². The Morgan fingerprint density at radius 3 is 2.29 bits per heavy atom. The third-order valence-electron chi connectivity index (χ3n) is 2.54. The van der Waals surface area contributed by atoms with Crippen molar-refractivity contribution in [3.8, 4) is 0 Å². The molecule has 0 fully saturated rings. The molecule has 0 rings (SSSR count). The fraction of sp³-hybridized carbons (Fsp3) is 0.909. The highest BCUT2D eigenvalue weighted by Crippen LogP contribution is 2.11. The van der Waals surface area contributed by atoms with E-state index in [4.69, 9.17) is 10.8 Å². The number of aliphatic carboxylic acids is 1. The second-order valence-electron chi connectivity index (χ2n) is 3.83. The highest BCUT2D eigenvalue weighted by Gasteiger charge is 2.13. The van der Waals surface area contributed by atoms with E-state index in [1.165, 1.54) is 25.7 Å². The van der Waals surface area contributed by atoms with Gasteiger partial charge in [-0.15, -0.1) is 0 Å². The third-order valence-corrected chi connectivity index (χ3v) is 2.54. The molecule has 3 N–H and O–H groups in total. The Morgan fingerprint density at radius 2 is 1.79 bits per heavy atom. The van der Waals surface area contributed by atoms with Crippen molar-refractivity contribution in [3.63, 3.8) is 0 Å². The topological polar surface area (TPSA) is 63.3 Å². The standard InChI is InChI=1S/C11H23NO2/c1-2-3-4-5-6-7-8-10(9-12)11(13)14/h10H,2-9,12H2,1H3,(H,13,14). The van der Waals surface area contributed by atoms with Gasteiger partial charge in [-0.1, -0.05) is 45.4 Å². The van der Waals surface area contributed by atoms with Crippen molar-refractivity contribution < 1.29 is 9.90 Å². The summed E-state index contributed by atoms with van der Waals surface area (Å²) in [7, 11) is 0. The van der Waals surface area contributed by atoms with Crippen molar-refractivity contribution in [2.75, 3.05) is 6.54 Å². The summed E-state index contributed by atoms with van der Waals surface area (Å²) in [4.78, 5) is 10.6. The molecule has 0 heterocycles. The van der Waals surface area contributed by atoms with Crippen LogP contribution in [-0.4, -0.2) is 17.6 Å². The van der Waals surface area contributed by atoms with E-state index in [1.807, 2.05) is 0 Å². The summed E-state index contributed by atoms with van der Waals surface area (Å²) < 4.78 is 0. The molecule has 0 saturated carbocycles. The van der Waals surface area contributed by atoms with Crippen molar-refractivity contribution in [2.24, 2.45) is 11.7 Å². The maximum Gasteiger partial charge on any atom is 0.307 e. The molecule has 1 unspecified atom stereocenters. The highest BCUT2D eigenvalue weighted by atomic mass is 16.4. The zero-order chi connectivity index (χ0) is 10.8. The van der Waals surface area contributed by atoms with E-state index in [2.05, 4.69) is 6.92 Å². The molecule has 0 aliphatic heterocycles. The molecule has 0 aromatic heterocycles. The Labute approximate surface area is 86.7 Å². The second kappa shape index (κ2) is 9.00. The van der Waals surface area contributed by atoms with Gasteiger partial charge in [-0.25, -0.2) is 0 Å². The first-order chi connectivity index (χ1) is 6.72. The highest BCUT2D eigenvalue weighted by molar-refractivity contribution is 5.70. The van der Waals surface area contributed by atoms with Crippen LogP contribution < -0.4 is 5.73 Å². The zero-order valence-corrected chi connectivity index (χ0v) is 9.17. The van der Waals surface area contributed by atoms with Crippen LogP contribution in [0.2, 0.25) is 0 Å². The van der Waals surface area contributed by atoms with Crippen LogP contribution in [0.3, 0.4) is 0 Å². The van der Waals surface area contributed by atoms with Gasteiger partial charge in [0.1, 0.15) is 0 Å². The van der Waals surface area contributed by atoms with Crippen LogP contribution in [0.5, 0.6) is 0 Å². The van der Waals surface area contributed by atoms with E-state index >= 15 is 0 Å². The van der Waals surface area contributed by atoms with Gasteiger partial charge in [-0.3, -0.25) is 4.79 Å². The van der Waals surface area contributed by atoms with Gasteiger partial charge in [0.15, 0.2) is 0 Å². The molecule has 84 valence electrons. The van der Waals surface area contributed by atoms with Crippen LogP contribution in [0.4, 0.5) is 0 Å². The van der Waals surface area contributed by atoms with Gasteiger partial charge in [0.05, 0.1) is 5.92 Å². The number of hydrogen-bond acceptors (Lipinski definition) is 2. The summed E-state index contributed by atoms with van der Waals surface area (Å²) in [5.41, 5.74) is 5.36. The van der Waals surface area contributed by atoms with Crippen LogP contribution in [0.25, 0.3) is 0 Å². The lowest BCUT2D eigenvalue weighted by Gasteiger charge is -2.08. The Morgan fingerprint density at radius 1 is 1.21 bits per heavy atom. The summed E-state index contributed by atoms with van der Waals surface area (Å²) in [6, 6.07) is 0. The number of carbonyl (C=O) groups is 1. The lowest BCUT2D eigenvalue weighted by Crippen LogP contribution is -2.23. The van der Waals surface area contributed by atoms with E-state index in [9.17, 15) is 4.79 Å². The minimum atomic E-state index is -0.749. The summed E-state index contributed by atoms with van der Waals surface area (Å²) in [5, 5.41) is 8.73. The number of unbranched alkanes of at least 4 members (excludes halogenated alkanes) is 5. The quantitative estimate of drug-likeness (QED) is 0.563. The molecule has 0 saturated heterocycles. The van der Waals surface area contributed by atoms with E-state index in [-0.39, 0.29) is 12.5 Å². The lowest BCUT2D eigenvalue weighted by atomic mass is 10.0. The first kappa shape index (κ1) is 13.4. The fourth-order valence-corrected chi connectivity index (χ4v) is 1.51. The maximum atomic E-state index is 10.6. The van der Waals surface area contributed by atoms with Crippen molar-refractivity contribution in [1.82, 2.24) is 0 Å². The summed E-state index contributed by atoms with van der Waals surface area (Å²) in [6.07, 6.45) is 7.92. The summed E-state index contributed by atoms with van der Waals surface area (Å²) >= 11 is 0. The second-order valence-corrected chi connectivity index (χ2v) is 3.83. The molecular weight excluding hydrogens is 178 g/mol. The summed E-state index contributed by atoms with van der Waals surface area (Å²) in [5.74, 6) is -1.08. The predicted octanol–water partition coefficient (Wildman–Crippen LogP) is 2.40. The SMILES string of the molecule is CCCCCCCCC(CN)C(=O)O. The first-order valence-corrected chi connectivity index (χ1v) is 5.65. The van der Waals surface area contributed by atoms with Crippen LogP contribution in [-0.2, 0) is 4.79 Å². The van der Waals surface area contributed by atoms with Crippen LogP contribution in [0.15, 0.2) is 0 Å². The predicted molar refractivity (Wildman–Crippen MR) is 58.2 cm³/mol. The number of rotatable bonds is 9. The third kappa shape index (κ3) is 6.89. The number of carboxylic acid groups (broad SMARTS) is 1. The molecule has 0 spiro atoms. The molecular formula is C11H23NO2. The molecule has 3 nitrogen and oxygen atoms in total. The van der Waals surface area contributed by atoms with E-state index < -0.39 is 5.97 Å². The smallest absolute Gasteiger partial charge is 0.307 e. The van der Waals surface area contributed by atoms with Crippen molar-refractivity contribution in [1.29, 1.82) is 0 Å². The number of carboxylic acids is 1. The molecule has 0 aliphatic rings. The Bertz CT molecular complexity index is 148. The zero-order valence-electron chi connectivity index (χ0n) is 9.17. The van der Waals surface area contributed by atoms with Gasteiger partial charge >= 0.3 is 5.97 Å². The largest absolute Gasteiger partial charge is 0.481 e. The Hall–Kier alpha value is -0.570. The van der Waals surface area contributed by atoms with Gasteiger partial charge in [0.2, 0.25) is 0 Å². The minimum absolute atomic E-state index is 0.268. The van der Waals surface area contributed by atoms with Crippen LogP contribution in [0.1, 0.15) is 51.9 Å². The summed E-state index contributed by atoms with van der Waals surface area (Å²) in [6.45, 7) is 2.46. The molecule has 14 heavy (non-hydrogen) atoms. The molecule has 0 aromatic rings. The van der Waals surface area contributed by atoms with Crippen molar-refractivity contribution in [3.05, 3.63) is 0 Å². The van der Waals surface area contributed by atoms with Crippen molar-refractivity contribution >= 4 is 5.97 Å². The molecule has 0 amide bonds. The van der Waals surface area contributed by atoms with E-state index in [0.717, 1.165) is 19.3 Å². The van der Waals surface area contributed by atoms with Gasteiger partial charge in [-0.05, 0) is 6.42 Å². The normalized spacial score (nSPS) is 12.7. The molecule has 0 bridgehead atoms. The average molecular weight is 201 g/mol. The van der Waals surface area contributed by atoms with Gasteiger partial charge in [0.25, 0.3) is 0 Å². The van der Waals surface area contributed by atoms with Gasteiger partial charge in [0, 0.05) is 6.54 Å². The van der Waals surface area contributed by atoms with Gasteiger partial charge < -0.3 is 10.8 Å². The maximum absolute atomic E-state index is 10.6. The molecule has 0 radical (unpaired) electrons. The number of hydrogen-bond donors (Lipinski definition) is 2. The van der Waals surface area contributed by atoms with Crippen LogP contribution in [0, 0.1) is 5.92 Å². The van der Waals surface area contributed by atoms with E-state index in [0.29, 0.717) is 0 Å². The molecule has 0 aromatic carbocycles. The van der Waals surface area contributed by atoms with Gasteiger partial charge in [-0.2, -0.15) is 0 Å². The van der Waals surface area contributed by atoms with Crippen molar-refractivity contribution in [2.45, 2.75) is 51.9 Å². The monoisotopic (exact) mass is 201 g/mol. The average Bonchev–Trinajstić information content (AvgIpc) is 2.16. The fourth-order valence-electron chi connectivity index (χ4n) is 1.51. The van der Waals surface area contributed by atoms with E-state index in [1.54, 1.807) is 0 Å². The lowest BCUT2D eigenvalue weighted by molar-refractivity contribution is -0.141. The minimum Gasteiger partial charge on any atom is -0.481 e. The first-order valence-electron chi connectivity index (χ1n) is 5.65. The number of nitrogens with two attached hydrogens (primary N) is 1. The molecule has 0 aliphatic carbocycles. The Kier molecular flexibility index (Phi) is 8.64.